The highest BCUT2D eigenvalue weighted by molar-refractivity contribution is 5.87. The smallest absolute Gasteiger partial charge is 0.478 e. The number of aliphatic carboxylic acids is 1. The summed E-state index contributed by atoms with van der Waals surface area (Å²) in [5.41, 5.74) is 1.22. The molecule has 0 saturated heterocycles. The Morgan fingerprint density at radius 2 is 1.50 bits per heavy atom. The highest BCUT2D eigenvalue weighted by Crippen LogP contribution is 2.13. The Kier molecular flexibility index (Phi) is 5.67. The van der Waals surface area contributed by atoms with Crippen LogP contribution in [0.3, 0.4) is 0 Å². The quantitative estimate of drug-likeness (QED) is 0.761. The Balaban J connectivity index is 0.000000360. The normalized spacial score (nSPS) is 10.0. The molecule has 0 bridgehead atoms. The molecule has 0 heterocycles. The van der Waals surface area contributed by atoms with Crippen molar-refractivity contribution in [2.45, 2.75) is 6.18 Å². The third-order valence-corrected chi connectivity index (χ3v) is 1.66. The maximum atomic E-state index is 10.6. The van der Waals surface area contributed by atoms with E-state index in [1.54, 1.807) is 31.3 Å². The number of benzene rings is 1. The van der Waals surface area contributed by atoms with Crippen molar-refractivity contribution < 1.29 is 33.0 Å². The third kappa shape index (κ3) is 5.73. The number of nitrogens with one attached hydrogen (secondary N) is 1. The van der Waals surface area contributed by atoms with Gasteiger partial charge >= 0.3 is 18.1 Å². The van der Waals surface area contributed by atoms with Crippen LogP contribution in [0.25, 0.3) is 0 Å². The van der Waals surface area contributed by atoms with E-state index in [9.17, 15) is 18.0 Å². The first-order chi connectivity index (χ1) is 8.18. The largest absolute Gasteiger partial charge is 0.490 e. The van der Waals surface area contributed by atoms with Crippen LogP contribution in [-0.4, -0.2) is 35.4 Å². The highest BCUT2D eigenvalue weighted by atomic mass is 19.4. The molecule has 1 aromatic rings. The number of hydrogen-bond acceptors (Lipinski definition) is 3. The zero-order chi connectivity index (χ0) is 14.3. The maximum absolute atomic E-state index is 10.6. The monoisotopic (exact) mass is 265 g/mol. The van der Waals surface area contributed by atoms with Crippen LogP contribution >= 0.6 is 0 Å². The van der Waals surface area contributed by atoms with Gasteiger partial charge in [-0.25, -0.2) is 9.59 Å². The second kappa shape index (κ2) is 6.48. The average Bonchev–Trinajstić information content (AvgIpc) is 2.28. The Hall–Kier alpha value is -2.25. The molecule has 100 valence electrons. The maximum Gasteiger partial charge on any atom is 0.490 e. The number of carboxylic acid groups (broad SMARTS) is 2. The first-order valence-corrected chi connectivity index (χ1v) is 4.49. The van der Waals surface area contributed by atoms with Gasteiger partial charge in [0.2, 0.25) is 0 Å². The SMILES string of the molecule is CNc1ccc(C(=O)O)cc1.O=C(O)C(F)(F)F. The standard InChI is InChI=1S/C8H9NO2.C2HF3O2/c1-9-7-4-2-6(3-5-7)8(10)11;3-2(4,5)1(6)7/h2-5,9H,1H3,(H,10,11);(H,6,7). The summed E-state index contributed by atoms with van der Waals surface area (Å²) in [6, 6.07) is 6.58. The van der Waals surface area contributed by atoms with Crippen molar-refractivity contribution in [3.63, 3.8) is 0 Å². The molecule has 0 fully saturated rings. The summed E-state index contributed by atoms with van der Waals surface area (Å²) in [5.74, 6) is -3.65. The molecule has 3 N–H and O–H groups in total. The summed E-state index contributed by atoms with van der Waals surface area (Å²) in [6.45, 7) is 0. The molecule has 0 unspecified atom stereocenters. The van der Waals surface area contributed by atoms with E-state index in [-0.39, 0.29) is 0 Å². The van der Waals surface area contributed by atoms with Crippen LogP contribution in [0.1, 0.15) is 10.4 Å². The van der Waals surface area contributed by atoms with Gasteiger partial charge < -0.3 is 15.5 Å². The lowest BCUT2D eigenvalue weighted by Crippen LogP contribution is -2.21. The van der Waals surface area contributed by atoms with Gasteiger partial charge in [0, 0.05) is 12.7 Å². The van der Waals surface area contributed by atoms with Crippen molar-refractivity contribution >= 4 is 17.6 Å². The Labute approximate surface area is 99.9 Å². The highest BCUT2D eigenvalue weighted by Gasteiger charge is 2.38. The van der Waals surface area contributed by atoms with Gasteiger partial charge in [0.05, 0.1) is 5.56 Å². The van der Waals surface area contributed by atoms with E-state index in [0.29, 0.717) is 5.56 Å². The molecule has 18 heavy (non-hydrogen) atoms. The number of anilines is 1. The first-order valence-electron chi connectivity index (χ1n) is 4.49. The molecule has 8 heteroatoms. The van der Waals surface area contributed by atoms with Gasteiger partial charge in [-0.2, -0.15) is 13.2 Å². The fraction of sp³-hybridized carbons (Fsp3) is 0.200. The number of carbonyl (C=O) groups is 2. The van der Waals surface area contributed by atoms with Crippen LogP contribution in [0, 0.1) is 0 Å². The molecule has 0 spiro atoms. The summed E-state index contributed by atoms with van der Waals surface area (Å²) >= 11 is 0. The number of rotatable bonds is 2. The number of alkyl halides is 3. The van der Waals surface area contributed by atoms with Crippen molar-refractivity contribution in [2.75, 3.05) is 12.4 Å². The topological polar surface area (TPSA) is 86.6 Å². The van der Waals surface area contributed by atoms with Gasteiger partial charge in [0.1, 0.15) is 0 Å². The molecule has 0 atom stereocenters. The van der Waals surface area contributed by atoms with Gasteiger partial charge in [0.25, 0.3) is 0 Å². The lowest BCUT2D eigenvalue weighted by Gasteiger charge is -1.98. The van der Waals surface area contributed by atoms with Crippen molar-refractivity contribution in [3.05, 3.63) is 29.8 Å². The summed E-state index contributed by atoms with van der Waals surface area (Å²) in [6.07, 6.45) is -5.08. The van der Waals surface area contributed by atoms with Crippen LogP contribution in [0.15, 0.2) is 24.3 Å². The zero-order valence-corrected chi connectivity index (χ0v) is 9.15. The minimum absolute atomic E-state index is 0.309. The second-order valence-corrected chi connectivity index (χ2v) is 2.94. The predicted molar refractivity (Wildman–Crippen MR) is 56.6 cm³/mol. The van der Waals surface area contributed by atoms with Crippen LogP contribution in [-0.2, 0) is 4.79 Å². The lowest BCUT2D eigenvalue weighted by molar-refractivity contribution is -0.192. The van der Waals surface area contributed by atoms with E-state index in [1.165, 1.54) is 0 Å². The Morgan fingerprint density at radius 3 is 1.72 bits per heavy atom. The fourth-order valence-electron chi connectivity index (χ4n) is 0.779. The summed E-state index contributed by atoms with van der Waals surface area (Å²) in [5, 5.41) is 18.6. The third-order valence-electron chi connectivity index (χ3n) is 1.66. The van der Waals surface area contributed by atoms with E-state index in [0.717, 1.165) is 5.69 Å². The average molecular weight is 265 g/mol. The van der Waals surface area contributed by atoms with Crippen molar-refractivity contribution in [1.29, 1.82) is 0 Å². The number of aromatic carboxylic acids is 1. The fourth-order valence-corrected chi connectivity index (χ4v) is 0.779. The van der Waals surface area contributed by atoms with Crippen LogP contribution < -0.4 is 5.32 Å². The van der Waals surface area contributed by atoms with Crippen LogP contribution in [0.2, 0.25) is 0 Å². The van der Waals surface area contributed by atoms with Crippen LogP contribution in [0.5, 0.6) is 0 Å². The summed E-state index contributed by atoms with van der Waals surface area (Å²) in [7, 11) is 1.79. The van der Waals surface area contributed by atoms with E-state index < -0.39 is 18.1 Å². The van der Waals surface area contributed by atoms with Crippen molar-refractivity contribution in [1.82, 2.24) is 0 Å². The van der Waals surface area contributed by atoms with Gasteiger partial charge in [-0.3, -0.25) is 0 Å². The number of halogens is 3. The minimum atomic E-state index is -5.08. The van der Waals surface area contributed by atoms with Crippen molar-refractivity contribution in [2.24, 2.45) is 0 Å². The number of carboxylic acids is 2. The molecule has 0 radical (unpaired) electrons. The van der Waals surface area contributed by atoms with Gasteiger partial charge in [-0.1, -0.05) is 0 Å². The van der Waals surface area contributed by atoms with Crippen LogP contribution in [0.4, 0.5) is 18.9 Å². The van der Waals surface area contributed by atoms with E-state index in [1.807, 2.05) is 0 Å². The summed E-state index contributed by atoms with van der Waals surface area (Å²) < 4.78 is 31.7. The molecule has 0 aliphatic heterocycles. The predicted octanol–water partition coefficient (Wildman–Crippen LogP) is 2.06. The molecule has 1 aromatic carbocycles. The molecule has 0 amide bonds. The van der Waals surface area contributed by atoms with Gasteiger partial charge in [0.15, 0.2) is 0 Å². The van der Waals surface area contributed by atoms with Gasteiger partial charge in [-0.05, 0) is 24.3 Å². The lowest BCUT2D eigenvalue weighted by atomic mass is 10.2. The molecular weight excluding hydrogens is 255 g/mol. The van der Waals surface area contributed by atoms with E-state index in [4.69, 9.17) is 15.0 Å². The van der Waals surface area contributed by atoms with E-state index in [2.05, 4.69) is 5.32 Å². The summed E-state index contributed by atoms with van der Waals surface area (Å²) in [4.78, 5) is 19.3. The molecule has 0 aliphatic rings. The second-order valence-electron chi connectivity index (χ2n) is 2.94. The minimum Gasteiger partial charge on any atom is -0.478 e. The van der Waals surface area contributed by atoms with E-state index >= 15 is 0 Å². The molecule has 0 saturated carbocycles. The zero-order valence-electron chi connectivity index (χ0n) is 9.15. The molecule has 0 aromatic heterocycles. The van der Waals surface area contributed by atoms with Crippen molar-refractivity contribution in [3.8, 4) is 0 Å². The Bertz CT molecular complexity index is 414. The first kappa shape index (κ1) is 15.8. The number of hydrogen-bond donors (Lipinski definition) is 3. The van der Waals surface area contributed by atoms with Gasteiger partial charge in [-0.15, -0.1) is 0 Å². The Morgan fingerprint density at radius 1 is 1.11 bits per heavy atom. The molecular formula is C10H10F3NO4. The molecule has 5 nitrogen and oxygen atoms in total. The molecule has 1 rings (SSSR count). The molecule has 0 aliphatic carbocycles.